The minimum absolute atomic E-state index is 0.0458. The summed E-state index contributed by atoms with van der Waals surface area (Å²) in [6.07, 6.45) is 1.64. The van der Waals surface area contributed by atoms with Crippen LogP contribution in [0.15, 0.2) is 51.7 Å². The number of aryl methyl sites for hydroxylation is 1. The normalized spacial score (nSPS) is 12.1. The SMILES string of the molecule is CCOC(=O)c1cc2c(=O)n3cccc(C)c3nc2n(C(C)C)c1=NC(=O)c1cccs1. The van der Waals surface area contributed by atoms with Crippen LogP contribution in [0.1, 0.15) is 52.4 Å². The predicted octanol–water partition coefficient (Wildman–Crippen LogP) is 3.52. The van der Waals surface area contributed by atoms with Crippen molar-refractivity contribution in [2.24, 2.45) is 4.99 Å². The van der Waals surface area contributed by atoms with Crippen LogP contribution in [-0.4, -0.2) is 32.4 Å². The Morgan fingerprint density at radius 1 is 1.22 bits per heavy atom. The molecule has 8 nitrogen and oxygen atoms in total. The molecular weight excluding hydrogens is 428 g/mol. The first-order chi connectivity index (χ1) is 15.3. The average Bonchev–Trinajstić information content (AvgIpc) is 3.29. The van der Waals surface area contributed by atoms with E-state index in [4.69, 9.17) is 9.72 Å². The number of fused-ring (bicyclic) bond motifs is 2. The summed E-state index contributed by atoms with van der Waals surface area (Å²) >= 11 is 1.26. The van der Waals surface area contributed by atoms with Crippen LogP contribution in [0.4, 0.5) is 0 Å². The number of ether oxygens (including phenoxy) is 1. The molecule has 0 unspecified atom stereocenters. The molecule has 0 N–H and O–H groups in total. The highest BCUT2D eigenvalue weighted by Gasteiger charge is 2.21. The summed E-state index contributed by atoms with van der Waals surface area (Å²) in [6, 6.07) is 8.24. The second-order valence-electron chi connectivity index (χ2n) is 7.50. The molecule has 0 saturated heterocycles. The maximum Gasteiger partial charge on any atom is 0.341 e. The molecule has 0 aliphatic heterocycles. The lowest BCUT2D eigenvalue weighted by Crippen LogP contribution is -2.33. The van der Waals surface area contributed by atoms with E-state index >= 15 is 0 Å². The van der Waals surface area contributed by atoms with Gasteiger partial charge in [0.15, 0.2) is 5.49 Å². The van der Waals surface area contributed by atoms with Crippen molar-refractivity contribution in [2.75, 3.05) is 6.61 Å². The number of carbonyl (C=O) groups excluding carboxylic acids is 2. The minimum Gasteiger partial charge on any atom is -0.462 e. The van der Waals surface area contributed by atoms with Crippen LogP contribution in [0.3, 0.4) is 0 Å². The number of aromatic nitrogens is 3. The highest BCUT2D eigenvalue weighted by Crippen LogP contribution is 2.17. The predicted molar refractivity (Wildman–Crippen MR) is 122 cm³/mol. The van der Waals surface area contributed by atoms with Gasteiger partial charge in [0.1, 0.15) is 16.9 Å². The third kappa shape index (κ3) is 3.64. The first-order valence-corrected chi connectivity index (χ1v) is 11.1. The van der Waals surface area contributed by atoms with E-state index in [1.807, 2.05) is 26.8 Å². The number of amides is 1. The molecule has 0 fully saturated rings. The molecule has 0 aliphatic carbocycles. The first-order valence-electron chi connectivity index (χ1n) is 10.2. The minimum atomic E-state index is -0.657. The van der Waals surface area contributed by atoms with Crippen molar-refractivity contribution in [1.82, 2.24) is 14.0 Å². The fourth-order valence-electron chi connectivity index (χ4n) is 3.56. The molecule has 0 aliphatic rings. The van der Waals surface area contributed by atoms with Crippen LogP contribution < -0.4 is 11.0 Å². The first kappa shape index (κ1) is 21.6. The quantitative estimate of drug-likeness (QED) is 0.350. The number of rotatable bonds is 4. The Morgan fingerprint density at radius 3 is 2.66 bits per heavy atom. The van der Waals surface area contributed by atoms with Gasteiger partial charge in [0.05, 0.1) is 16.9 Å². The summed E-state index contributed by atoms with van der Waals surface area (Å²) in [5.74, 6) is -1.14. The van der Waals surface area contributed by atoms with Gasteiger partial charge in [-0.2, -0.15) is 4.99 Å². The van der Waals surface area contributed by atoms with E-state index in [9.17, 15) is 14.4 Å². The molecule has 4 heterocycles. The third-order valence-corrected chi connectivity index (χ3v) is 5.86. The van der Waals surface area contributed by atoms with E-state index in [1.54, 1.807) is 41.3 Å². The fourth-order valence-corrected chi connectivity index (χ4v) is 4.17. The van der Waals surface area contributed by atoms with E-state index in [2.05, 4.69) is 4.99 Å². The molecule has 4 aromatic heterocycles. The number of esters is 1. The van der Waals surface area contributed by atoms with E-state index in [0.717, 1.165) is 5.56 Å². The molecule has 0 aromatic carbocycles. The van der Waals surface area contributed by atoms with E-state index in [-0.39, 0.29) is 34.6 Å². The van der Waals surface area contributed by atoms with Crippen molar-refractivity contribution >= 4 is 39.9 Å². The monoisotopic (exact) mass is 450 g/mol. The van der Waals surface area contributed by atoms with Gasteiger partial charge >= 0.3 is 5.97 Å². The van der Waals surface area contributed by atoms with Gasteiger partial charge < -0.3 is 9.30 Å². The summed E-state index contributed by atoms with van der Waals surface area (Å²) in [5, 5.41) is 2.02. The molecule has 0 bridgehead atoms. The molecule has 0 atom stereocenters. The largest absolute Gasteiger partial charge is 0.462 e. The number of hydrogen-bond acceptors (Lipinski definition) is 6. The molecule has 32 heavy (non-hydrogen) atoms. The lowest BCUT2D eigenvalue weighted by atomic mass is 10.2. The topological polar surface area (TPSA) is 95.0 Å². The lowest BCUT2D eigenvalue weighted by molar-refractivity contribution is 0.0523. The Labute approximate surface area is 187 Å². The highest BCUT2D eigenvalue weighted by atomic mass is 32.1. The Hall–Kier alpha value is -3.59. The number of carbonyl (C=O) groups is 2. The molecule has 1 amide bonds. The van der Waals surface area contributed by atoms with Gasteiger partial charge in [-0.05, 0) is 56.8 Å². The van der Waals surface area contributed by atoms with E-state index in [0.29, 0.717) is 16.2 Å². The lowest BCUT2D eigenvalue weighted by Gasteiger charge is -2.18. The fraction of sp³-hybridized carbons (Fsp3) is 0.261. The van der Waals surface area contributed by atoms with Crippen molar-refractivity contribution in [3.8, 4) is 0 Å². The zero-order valence-corrected chi connectivity index (χ0v) is 19.0. The Bertz CT molecular complexity index is 1480. The second kappa shape index (κ2) is 8.51. The summed E-state index contributed by atoms with van der Waals surface area (Å²) in [7, 11) is 0. The van der Waals surface area contributed by atoms with Crippen molar-refractivity contribution in [2.45, 2.75) is 33.7 Å². The van der Waals surface area contributed by atoms with Crippen LogP contribution in [0, 0.1) is 6.92 Å². The number of pyridine rings is 2. The molecule has 0 saturated carbocycles. The molecule has 9 heteroatoms. The molecule has 4 aromatic rings. The van der Waals surface area contributed by atoms with Crippen LogP contribution in [0.5, 0.6) is 0 Å². The smallest absolute Gasteiger partial charge is 0.341 e. The number of nitrogens with zero attached hydrogens (tertiary/aromatic N) is 4. The van der Waals surface area contributed by atoms with Gasteiger partial charge in [-0.25, -0.2) is 9.78 Å². The van der Waals surface area contributed by atoms with Gasteiger partial charge in [0.2, 0.25) is 0 Å². The van der Waals surface area contributed by atoms with Gasteiger partial charge in [0.25, 0.3) is 11.5 Å². The summed E-state index contributed by atoms with van der Waals surface area (Å²) < 4.78 is 8.32. The Kier molecular flexibility index (Phi) is 5.75. The van der Waals surface area contributed by atoms with Crippen LogP contribution in [0.25, 0.3) is 16.7 Å². The Balaban J connectivity index is 2.20. The zero-order valence-electron chi connectivity index (χ0n) is 18.2. The highest BCUT2D eigenvalue weighted by molar-refractivity contribution is 7.12. The van der Waals surface area contributed by atoms with Gasteiger partial charge in [0, 0.05) is 12.2 Å². The van der Waals surface area contributed by atoms with Gasteiger partial charge in [-0.3, -0.25) is 14.0 Å². The summed E-state index contributed by atoms with van der Waals surface area (Å²) in [6.45, 7) is 7.46. The molecule has 0 spiro atoms. The maximum atomic E-state index is 13.3. The van der Waals surface area contributed by atoms with Crippen LogP contribution in [0.2, 0.25) is 0 Å². The number of hydrogen-bond donors (Lipinski definition) is 0. The van der Waals surface area contributed by atoms with Crippen LogP contribution in [-0.2, 0) is 4.74 Å². The van der Waals surface area contributed by atoms with Crippen molar-refractivity contribution in [3.63, 3.8) is 0 Å². The van der Waals surface area contributed by atoms with E-state index in [1.165, 1.54) is 21.8 Å². The molecule has 0 radical (unpaired) electrons. The van der Waals surface area contributed by atoms with Crippen molar-refractivity contribution in [1.29, 1.82) is 0 Å². The second-order valence-corrected chi connectivity index (χ2v) is 8.45. The van der Waals surface area contributed by atoms with Gasteiger partial charge in [-0.15, -0.1) is 11.3 Å². The summed E-state index contributed by atoms with van der Waals surface area (Å²) in [5.41, 5.74) is 1.52. The van der Waals surface area contributed by atoms with Crippen molar-refractivity contribution in [3.05, 3.63) is 73.8 Å². The van der Waals surface area contributed by atoms with E-state index < -0.39 is 11.9 Å². The third-order valence-electron chi connectivity index (χ3n) is 5.00. The van der Waals surface area contributed by atoms with Crippen LogP contribution >= 0.6 is 11.3 Å². The molecule has 164 valence electrons. The maximum absolute atomic E-state index is 13.3. The standard InChI is InChI=1S/C23H22N4O4S/c1-5-31-23(30)16-12-15-19(24-18-14(4)8-6-10-26(18)22(15)29)27(13(2)3)20(16)25-21(28)17-9-7-11-32-17/h6-13H,5H2,1-4H3. The molecule has 4 rings (SSSR count). The Morgan fingerprint density at radius 2 is 2.00 bits per heavy atom. The summed E-state index contributed by atoms with van der Waals surface area (Å²) in [4.78, 5) is 48.5. The zero-order chi connectivity index (χ0) is 23.0. The number of thiophene rings is 1. The van der Waals surface area contributed by atoms with Crippen molar-refractivity contribution < 1.29 is 14.3 Å². The van der Waals surface area contributed by atoms with Gasteiger partial charge in [-0.1, -0.05) is 12.1 Å². The molecular formula is C23H22N4O4S. The average molecular weight is 451 g/mol.